The molecule has 0 aromatic heterocycles. The standard InChI is InChI=1S/C34H52N2O4/c1-6-34(38-7-2)20(3)31-29(40-34)19-28-26-9-8-22-17-25(10-12-32(22,4)27(26)11-13-33(28,31)5)39-30(37)16-21-14-23(35)18-24(36)15-21/h14-15,18,20,22,25-29,31H,6-13,16-17,19,35-36H2,1-5H3. The average Bonchev–Trinajstić information content (AvgIpc) is 3.34. The van der Waals surface area contributed by atoms with Gasteiger partial charge < -0.3 is 25.7 Å². The first-order valence-electron chi connectivity index (χ1n) is 16.2. The maximum absolute atomic E-state index is 12.8. The number of benzene rings is 1. The zero-order valence-electron chi connectivity index (χ0n) is 25.4. The fourth-order valence-electron chi connectivity index (χ4n) is 11.2. The van der Waals surface area contributed by atoms with Crippen molar-refractivity contribution in [2.45, 2.75) is 117 Å². The Morgan fingerprint density at radius 2 is 1.70 bits per heavy atom. The third-order valence-electron chi connectivity index (χ3n) is 12.9. The smallest absolute Gasteiger partial charge is 0.310 e. The van der Waals surface area contributed by atoms with Crippen LogP contribution in [0.5, 0.6) is 0 Å². The maximum atomic E-state index is 12.8. The van der Waals surface area contributed by atoms with E-state index in [1.165, 1.54) is 32.1 Å². The number of rotatable bonds is 6. The van der Waals surface area contributed by atoms with Crippen molar-refractivity contribution in [2.24, 2.45) is 46.3 Å². The van der Waals surface area contributed by atoms with E-state index in [0.717, 1.165) is 49.0 Å². The Hall–Kier alpha value is -1.79. The Balaban J connectivity index is 1.12. The van der Waals surface area contributed by atoms with Crippen LogP contribution in [0.15, 0.2) is 18.2 Å². The zero-order valence-corrected chi connectivity index (χ0v) is 25.4. The highest BCUT2D eigenvalue weighted by Gasteiger charge is 2.68. The molecule has 6 nitrogen and oxygen atoms in total. The summed E-state index contributed by atoms with van der Waals surface area (Å²) in [5, 5.41) is 0. The average molecular weight is 553 g/mol. The largest absolute Gasteiger partial charge is 0.462 e. The second-order valence-electron chi connectivity index (χ2n) is 14.6. The Kier molecular flexibility index (Phi) is 7.22. The number of ether oxygens (including phenoxy) is 3. The van der Waals surface area contributed by atoms with E-state index >= 15 is 0 Å². The molecule has 6 heteroatoms. The van der Waals surface area contributed by atoms with Gasteiger partial charge in [0, 0.05) is 23.9 Å². The van der Waals surface area contributed by atoms with Crippen LogP contribution in [0.25, 0.3) is 0 Å². The summed E-state index contributed by atoms with van der Waals surface area (Å²) in [6, 6.07) is 5.34. The van der Waals surface area contributed by atoms with Gasteiger partial charge in [0.25, 0.3) is 0 Å². The van der Waals surface area contributed by atoms with E-state index in [1.807, 2.05) is 12.1 Å². The highest BCUT2D eigenvalue weighted by atomic mass is 16.7. The molecule has 4 aliphatic carbocycles. The highest BCUT2D eigenvalue weighted by molar-refractivity contribution is 5.74. The minimum absolute atomic E-state index is 0.0233. The Bertz CT molecular complexity index is 1100. The van der Waals surface area contributed by atoms with Crippen LogP contribution < -0.4 is 11.5 Å². The van der Waals surface area contributed by atoms with Crippen molar-refractivity contribution in [3.63, 3.8) is 0 Å². The lowest BCUT2D eigenvalue weighted by molar-refractivity contribution is -0.247. The molecule has 222 valence electrons. The van der Waals surface area contributed by atoms with Gasteiger partial charge in [0.15, 0.2) is 5.79 Å². The molecule has 0 radical (unpaired) electrons. The van der Waals surface area contributed by atoms with E-state index < -0.39 is 5.79 Å². The van der Waals surface area contributed by atoms with Gasteiger partial charge in [-0.15, -0.1) is 0 Å². The molecule has 4 saturated carbocycles. The zero-order chi connectivity index (χ0) is 28.4. The molecule has 1 aromatic rings. The number of fused-ring (bicyclic) bond motifs is 7. The summed E-state index contributed by atoms with van der Waals surface area (Å²) in [7, 11) is 0. The summed E-state index contributed by atoms with van der Waals surface area (Å²) in [5.41, 5.74) is 14.5. The summed E-state index contributed by atoms with van der Waals surface area (Å²) in [5.74, 6) is 3.42. The van der Waals surface area contributed by atoms with Crippen LogP contribution >= 0.6 is 0 Å². The maximum Gasteiger partial charge on any atom is 0.310 e. The van der Waals surface area contributed by atoms with Gasteiger partial charge in [-0.3, -0.25) is 4.79 Å². The summed E-state index contributed by atoms with van der Waals surface area (Å²) >= 11 is 0. The Morgan fingerprint density at radius 3 is 2.40 bits per heavy atom. The van der Waals surface area contributed by atoms with Crippen molar-refractivity contribution < 1.29 is 19.0 Å². The third kappa shape index (κ3) is 4.38. The highest BCUT2D eigenvalue weighted by Crippen LogP contribution is 2.71. The predicted molar refractivity (Wildman–Crippen MR) is 158 cm³/mol. The molecule has 4 N–H and O–H groups in total. The minimum atomic E-state index is -0.395. The van der Waals surface area contributed by atoms with E-state index in [1.54, 1.807) is 6.07 Å². The number of carbonyl (C=O) groups is 1. The van der Waals surface area contributed by atoms with Gasteiger partial charge in [-0.25, -0.2) is 0 Å². The second kappa shape index (κ2) is 10.2. The van der Waals surface area contributed by atoms with Gasteiger partial charge in [0.05, 0.1) is 12.5 Å². The van der Waals surface area contributed by atoms with E-state index in [9.17, 15) is 4.79 Å². The number of hydrogen-bond donors (Lipinski definition) is 2. The number of esters is 1. The van der Waals surface area contributed by atoms with Crippen molar-refractivity contribution >= 4 is 17.3 Å². The first-order valence-corrected chi connectivity index (χ1v) is 16.2. The van der Waals surface area contributed by atoms with Crippen molar-refractivity contribution in [3.05, 3.63) is 23.8 Å². The van der Waals surface area contributed by atoms with Crippen LogP contribution in [-0.2, 0) is 25.4 Å². The van der Waals surface area contributed by atoms with Crippen LogP contribution in [0.3, 0.4) is 0 Å². The number of nitrogen functional groups attached to an aromatic ring is 2. The molecule has 6 rings (SSSR count). The number of anilines is 2. The van der Waals surface area contributed by atoms with Crippen LogP contribution in [0.2, 0.25) is 0 Å². The lowest BCUT2D eigenvalue weighted by atomic mass is 9.44. The molecule has 11 unspecified atom stereocenters. The molecule has 1 saturated heterocycles. The lowest BCUT2D eigenvalue weighted by Gasteiger charge is -2.61. The second-order valence-corrected chi connectivity index (χ2v) is 14.6. The number of hydrogen-bond acceptors (Lipinski definition) is 6. The minimum Gasteiger partial charge on any atom is -0.462 e. The number of carbonyl (C=O) groups excluding carboxylic acids is 1. The molecule has 1 aromatic carbocycles. The molecule has 5 aliphatic rings. The van der Waals surface area contributed by atoms with Crippen molar-refractivity contribution in [1.82, 2.24) is 0 Å². The van der Waals surface area contributed by atoms with E-state index in [2.05, 4.69) is 34.6 Å². The van der Waals surface area contributed by atoms with Crippen molar-refractivity contribution in [3.8, 4) is 0 Å². The predicted octanol–water partition coefficient (Wildman–Crippen LogP) is 6.75. The lowest BCUT2D eigenvalue weighted by Crippen LogP contribution is -2.55. The van der Waals surface area contributed by atoms with E-state index in [-0.39, 0.29) is 18.5 Å². The van der Waals surface area contributed by atoms with Crippen LogP contribution in [0.4, 0.5) is 11.4 Å². The molecule has 1 heterocycles. The van der Waals surface area contributed by atoms with Gasteiger partial charge >= 0.3 is 5.97 Å². The summed E-state index contributed by atoms with van der Waals surface area (Å²) in [6.07, 6.45) is 11.1. The van der Waals surface area contributed by atoms with E-state index in [4.69, 9.17) is 25.7 Å². The molecular weight excluding hydrogens is 500 g/mol. The molecule has 40 heavy (non-hydrogen) atoms. The van der Waals surface area contributed by atoms with Crippen molar-refractivity contribution in [2.75, 3.05) is 18.1 Å². The van der Waals surface area contributed by atoms with Gasteiger partial charge in [-0.1, -0.05) is 27.7 Å². The molecule has 0 bridgehead atoms. The SMILES string of the molecule is CCOC1(CC)OC2CC3C4CCC5CC(OC(=O)Cc6cc(N)cc(N)c6)CCC5(C)C4CCC3(C)C2C1C. The quantitative estimate of drug-likeness (QED) is 0.299. The molecule has 0 spiro atoms. The topological polar surface area (TPSA) is 96.8 Å². The number of nitrogens with two attached hydrogens (primary N) is 2. The fraction of sp³-hybridized carbons (Fsp3) is 0.794. The Labute approximate surface area is 241 Å². The molecule has 0 amide bonds. The van der Waals surface area contributed by atoms with Crippen LogP contribution in [0, 0.1) is 46.3 Å². The van der Waals surface area contributed by atoms with E-state index in [0.29, 0.717) is 52.7 Å². The van der Waals surface area contributed by atoms with Crippen LogP contribution in [-0.4, -0.2) is 30.6 Å². The normalized spacial score (nSPS) is 45.7. The van der Waals surface area contributed by atoms with Gasteiger partial charge in [-0.2, -0.15) is 0 Å². The summed E-state index contributed by atoms with van der Waals surface area (Å²) in [4.78, 5) is 12.8. The monoisotopic (exact) mass is 552 g/mol. The van der Waals surface area contributed by atoms with Gasteiger partial charge in [0.2, 0.25) is 0 Å². The molecule has 5 fully saturated rings. The first-order chi connectivity index (χ1) is 19.0. The molecule has 1 aliphatic heterocycles. The fourth-order valence-corrected chi connectivity index (χ4v) is 11.2. The first kappa shape index (κ1) is 28.3. The Morgan fingerprint density at radius 1 is 0.975 bits per heavy atom. The van der Waals surface area contributed by atoms with Crippen molar-refractivity contribution in [1.29, 1.82) is 0 Å². The van der Waals surface area contributed by atoms with Gasteiger partial charge in [-0.05, 0) is 129 Å². The summed E-state index contributed by atoms with van der Waals surface area (Å²) < 4.78 is 19.2. The molecule has 11 atom stereocenters. The third-order valence-corrected chi connectivity index (χ3v) is 12.9. The molecular formula is C34H52N2O4. The summed E-state index contributed by atoms with van der Waals surface area (Å²) in [6.45, 7) is 12.6. The van der Waals surface area contributed by atoms with Crippen LogP contribution in [0.1, 0.15) is 98.0 Å². The van der Waals surface area contributed by atoms with Gasteiger partial charge in [0.1, 0.15) is 6.10 Å².